The van der Waals surface area contributed by atoms with E-state index < -0.39 is 11.9 Å². The Morgan fingerprint density at radius 1 is 1.06 bits per heavy atom. The number of anilines is 1. The van der Waals surface area contributed by atoms with Gasteiger partial charge in [-0.25, -0.2) is 4.79 Å². The number of ether oxygens (including phenoxy) is 2. The van der Waals surface area contributed by atoms with Gasteiger partial charge < -0.3 is 14.8 Å². The summed E-state index contributed by atoms with van der Waals surface area (Å²) in [7, 11) is 0. The highest BCUT2D eigenvalue weighted by Crippen LogP contribution is 2.31. The summed E-state index contributed by atoms with van der Waals surface area (Å²) < 4.78 is 11.1. The molecule has 0 aliphatic carbocycles. The minimum atomic E-state index is -0.591. The quantitative estimate of drug-likeness (QED) is 0.208. The molecule has 0 spiro atoms. The van der Waals surface area contributed by atoms with Crippen LogP contribution in [0, 0.1) is 18.3 Å². The lowest BCUT2D eigenvalue weighted by Gasteiger charge is -2.12. The van der Waals surface area contributed by atoms with Gasteiger partial charge >= 0.3 is 5.97 Å². The summed E-state index contributed by atoms with van der Waals surface area (Å²) in [6.07, 6.45) is 1.42. The first-order valence-electron chi connectivity index (χ1n) is 10.1. The Labute approximate surface area is 197 Å². The van der Waals surface area contributed by atoms with Gasteiger partial charge in [-0.2, -0.15) is 5.26 Å². The lowest BCUT2D eigenvalue weighted by Crippen LogP contribution is -2.14. The number of halogens is 1. The van der Waals surface area contributed by atoms with E-state index in [4.69, 9.17) is 21.1 Å². The first kappa shape index (κ1) is 23.6. The number of nitrogens with zero attached hydrogens (tertiary/aromatic N) is 1. The first-order chi connectivity index (χ1) is 15.9. The van der Waals surface area contributed by atoms with Crippen molar-refractivity contribution in [2.75, 3.05) is 11.9 Å². The minimum absolute atomic E-state index is 0.120. The summed E-state index contributed by atoms with van der Waals surface area (Å²) in [5.74, 6) is -0.564. The fourth-order valence-corrected chi connectivity index (χ4v) is 3.26. The van der Waals surface area contributed by atoms with Crippen LogP contribution in [0.3, 0.4) is 0 Å². The summed E-state index contributed by atoms with van der Waals surface area (Å²) >= 11 is 6.17. The van der Waals surface area contributed by atoms with E-state index in [1.54, 1.807) is 80.6 Å². The highest BCUT2D eigenvalue weighted by molar-refractivity contribution is 6.34. The van der Waals surface area contributed by atoms with E-state index in [2.05, 4.69) is 5.32 Å². The molecule has 3 aromatic carbocycles. The second-order valence-electron chi connectivity index (χ2n) is 6.95. The Morgan fingerprint density at radius 2 is 1.82 bits per heavy atom. The summed E-state index contributed by atoms with van der Waals surface area (Å²) in [6.45, 7) is 3.94. The van der Waals surface area contributed by atoms with Crippen LogP contribution in [-0.4, -0.2) is 18.5 Å². The SMILES string of the molecule is CCOc1cc(/C=C(\C#N)C(=O)Nc2c(C)cccc2Cl)ccc1OC(=O)c1ccccc1. The van der Waals surface area contributed by atoms with Crippen molar-refractivity contribution in [3.8, 4) is 17.6 Å². The Kier molecular flexibility index (Phi) is 7.85. The van der Waals surface area contributed by atoms with Gasteiger partial charge in [0, 0.05) is 0 Å². The molecule has 0 saturated carbocycles. The highest BCUT2D eigenvalue weighted by atomic mass is 35.5. The van der Waals surface area contributed by atoms with Gasteiger partial charge in [-0.3, -0.25) is 4.79 Å². The van der Waals surface area contributed by atoms with Crippen LogP contribution in [0.2, 0.25) is 5.02 Å². The molecule has 0 heterocycles. The van der Waals surface area contributed by atoms with E-state index in [-0.39, 0.29) is 11.3 Å². The zero-order chi connectivity index (χ0) is 23.8. The molecule has 0 aliphatic heterocycles. The summed E-state index contributed by atoms with van der Waals surface area (Å²) in [5.41, 5.74) is 2.04. The minimum Gasteiger partial charge on any atom is -0.490 e. The molecule has 7 heteroatoms. The molecule has 0 aliphatic rings. The fraction of sp³-hybridized carbons (Fsp3) is 0.115. The van der Waals surface area contributed by atoms with E-state index in [1.165, 1.54) is 6.08 Å². The van der Waals surface area contributed by atoms with Crippen LogP contribution in [0.1, 0.15) is 28.4 Å². The number of hydrogen-bond donors (Lipinski definition) is 1. The maximum Gasteiger partial charge on any atom is 0.343 e. The van der Waals surface area contributed by atoms with E-state index in [1.807, 2.05) is 6.07 Å². The predicted molar refractivity (Wildman–Crippen MR) is 127 cm³/mol. The van der Waals surface area contributed by atoms with Crippen LogP contribution in [0.15, 0.2) is 72.3 Å². The van der Waals surface area contributed by atoms with Gasteiger partial charge in [0.2, 0.25) is 0 Å². The number of para-hydroxylation sites is 1. The molecular weight excluding hydrogens is 440 g/mol. The molecule has 166 valence electrons. The molecule has 3 aromatic rings. The van der Waals surface area contributed by atoms with Gasteiger partial charge in [0.05, 0.1) is 22.9 Å². The van der Waals surface area contributed by atoms with Crippen molar-refractivity contribution in [1.82, 2.24) is 0 Å². The molecule has 0 bridgehead atoms. The van der Waals surface area contributed by atoms with Crippen LogP contribution in [0.25, 0.3) is 6.08 Å². The van der Waals surface area contributed by atoms with Crippen LogP contribution in [-0.2, 0) is 4.79 Å². The molecule has 6 nitrogen and oxygen atoms in total. The topological polar surface area (TPSA) is 88.4 Å². The highest BCUT2D eigenvalue weighted by Gasteiger charge is 2.16. The number of aryl methyl sites for hydroxylation is 1. The lowest BCUT2D eigenvalue weighted by atomic mass is 10.1. The monoisotopic (exact) mass is 460 g/mol. The van der Waals surface area contributed by atoms with E-state index >= 15 is 0 Å². The van der Waals surface area contributed by atoms with Crippen molar-refractivity contribution >= 4 is 35.2 Å². The zero-order valence-corrected chi connectivity index (χ0v) is 18.8. The van der Waals surface area contributed by atoms with Gasteiger partial charge in [-0.05, 0) is 61.4 Å². The molecule has 33 heavy (non-hydrogen) atoms. The Hall–Kier alpha value is -4.08. The molecule has 0 fully saturated rings. The molecule has 1 N–H and O–H groups in total. The number of nitriles is 1. The Morgan fingerprint density at radius 3 is 2.48 bits per heavy atom. The second kappa shape index (κ2) is 11.0. The number of hydrogen-bond acceptors (Lipinski definition) is 5. The first-order valence-corrected chi connectivity index (χ1v) is 10.5. The van der Waals surface area contributed by atoms with Crippen molar-refractivity contribution in [3.63, 3.8) is 0 Å². The molecule has 3 rings (SSSR count). The van der Waals surface area contributed by atoms with Crippen molar-refractivity contribution in [2.45, 2.75) is 13.8 Å². The Bertz CT molecular complexity index is 1230. The van der Waals surface area contributed by atoms with Crippen LogP contribution in [0.5, 0.6) is 11.5 Å². The fourth-order valence-electron chi connectivity index (χ4n) is 2.99. The molecule has 0 radical (unpaired) electrons. The summed E-state index contributed by atoms with van der Waals surface area (Å²) in [6, 6.07) is 20.5. The van der Waals surface area contributed by atoms with Crippen LogP contribution >= 0.6 is 11.6 Å². The molecular formula is C26H21ClN2O4. The number of nitrogens with one attached hydrogen (secondary N) is 1. The van der Waals surface area contributed by atoms with Gasteiger partial charge in [-0.1, -0.05) is 48.0 Å². The second-order valence-corrected chi connectivity index (χ2v) is 7.36. The number of benzene rings is 3. The average molecular weight is 461 g/mol. The molecule has 0 atom stereocenters. The van der Waals surface area contributed by atoms with Gasteiger partial charge in [-0.15, -0.1) is 0 Å². The van der Waals surface area contributed by atoms with Crippen molar-refractivity contribution in [1.29, 1.82) is 5.26 Å². The van der Waals surface area contributed by atoms with Crippen molar-refractivity contribution in [3.05, 3.63) is 94.0 Å². The van der Waals surface area contributed by atoms with Gasteiger partial charge in [0.25, 0.3) is 5.91 Å². The maximum absolute atomic E-state index is 12.7. The summed E-state index contributed by atoms with van der Waals surface area (Å²) in [4.78, 5) is 25.1. The van der Waals surface area contributed by atoms with Gasteiger partial charge in [0.1, 0.15) is 11.6 Å². The molecule has 0 unspecified atom stereocenters. The summed E-state index contributed by atoms with van der Waals surface area (Å²) in [5, 5.41) is 12.6. The Balaban J connectivity index is 1.85. The number of rotatable bonds is 7. The largest absolute Gasteiger partial charge is 0.490 e. The molecule has 0 aromatic heterocycles. The number of esters is 1. The molecule has 1 amide bonds. The van der Waals surface area contributed by atoms with Crippen LogP contribution in [0.4, 0.5) is 5.69 Å². The third-order valence-corrected chi connectivity index (χ3v) is 4.93. The van der Waals surface area contributed by atoms with Gasteiger partial charge in [0.15, 0.2) is 11.5 Å². The van der Waals surface area contributed by atoms with E-state index in [0.29, 0.717) is 34.2 Å². The van der Waals surface area contributed by atoms with Crippen molar-refractivity contribution < 1.29 is 19.1 Å². The predicted octanol–water partition coefficient (Wildman–Crippen LogP) is 5.81. The lowest BCUT2D eigenvalue weighted by molar-refractivity contribution is -0.112. The zero-order valence-electron chi connectivity index (χ0n) is 18.1. The van der Waals surface area contributed by atoms with Crippen LogP contribution < -0.4 is 14.8 Å². The third-order valence-electron chi connectivity index (χ3n) is 4.62. The smallest absolute Gasteiger partial charge is 0.343 e. The van der Waals surface area contributed by atoms with E-state index in [0.717, 1.165) is 5.56 Å². The maximum atomic E-state index is 12.7. The number of carbonyl (C=O) groups excluding carboxylic acids is 2. The average Bonchev–Trinajstić information content (AvgIpc) is 2.82. The van der Waals surface area contributed by atoms with E-state index in [9.17, 15) is 14.9 Å². The standard InChI is InChI=1S/C26H21ClN2O4/c1-3-32-23-15-18(12-13-22(23)33-26(31)19-9-5-4-6-10-19)14-20(16-28)25(30)29-24-17(2)8-7-11-21(24)27/h4-15H,3H2,1-2H3,(H,29,30)/b20-14+. The molecule has 0 saturated heterocycles. The van der Waals surface area contributed by atoms with Crippen molar-refractivity contribution in [2.24, 2.45) is 0 Å². The number of amides is 1. The number of carbonyl (C=O) groups is 2. The third kappa shape index (κ3) is 6.00. The normalized spacial score (nSPS) is 10.8.